The van der Waals surface area contributed by atoms with E-state index in [1.165, 1.54) is 78.7 Å². The summed E-state index contributed by atoms with van der Waals surface area (Å²) in [5, 5.41) is 43.1. The third kappa shape index (κ3) is 24.2. The summed E-state index contributed by atoms with van der Waals surface area (Å²) in [5.74, 6) is 3.07. The Morgan fingerprint density at radius 3 is 1.12 bits per heavy atom. The van der Waals surface area contributed by atoms with Crippen LogP contribution in [0.3, 0.4) is 0 Å². The molecule has 8 N–H and O–H groups in total. The summed E-state index contributed by atoms with van der Waals surface area (Å²) in [5.41, 5.74) is 4.46. The summed E-state index contributed by atoms with van der Waals surface area (Å²) in [6.07, 6.45) is 12.8. The lowest BCUT2D eigenvalue weighted by Crippen LogP contribution is -2.32. The second-order valence-electron chi connectivity index (χ2n) is 31.0. The molecular formula is C86H103F8N29O2. The summed E-state index contributed by atoms with van der Waals surface area (Å²) in [6, 6.07) is 20.5. The summed E-state index contributed by atoms with van der Waals surface area (Å²) in [4.78, 5) is 67.1. The molecule has 39 heteroatoms. The number of rotatable bonds is 29. The summed E-state index contributed by atoms with van der Waals surface area (Å²) in [6.45, 7) is 24.7. The minimum absolute atomic E-state index is 0.155. The fourth-order valence-electron chi connectivity index (χ4n) is 14.3. The number of likely N-dealkylation sites (tertiary alicyclic amines) is 1. The molecule has 4 aromatic carbocycles. The normalized spacial score (nSPS) is 15.2. The zero-order valence-corrected chi connectivity index (χ0v) is 71.7. The Kier molecular flexibility index (Phi) is 29.6. The molecule has 125 heavy (non-hydrogen) atoms. The first-order valence-electron chi connectivity index (χ1n) is 42.1. The largest absolute Gasteiger partial charge is 0.381 e. The summed E-state index contributed by atoms with van der Waals surface area (Å²) in [7, 11) is 2.14. The van der Waals surface area contributed by atoms with Crippen LogP contribution in [0.2, 0.25) is 0 Å². The number of ether oxygens (including phenoxy) is 1. The van der Waals surface area contributed by atoms with Gasteiger partial charge in [0.1, 0.15) is 69.8 Å². The number of anilines is 12. The van der Waals surface area contributed by atoms with Gasteiger partial charge in [0.15, 0.2) is 23.3 Å². The van der Waals surface area contributed by atoms with Crippen molar-refractivity contribution in [3.8, 4) is 0 Å². The quantitative estimate of drug-likeness (QED) is 0.0202. The molecule has 10 heterocycles. The third-order valence-electron chi connectivity index (χ3n) is 21.3. The highest BCUT2D eigenvalue weighted by atomic mass is 19.2. The number of carbonyl (C=O) groups is 1. The van der Waals surface area contributed by atoms with E-state index in [1.54, 1.807) is 27.7 Å². The highest BCUT2D eigenvalue weighted by Gasteiger charge is 2.32. The van der Waals surface area contributed by atoms with Gasteiger partial charge in [0.25, 0.3) is 0 Å². The maximum Gasteiger partial charge on any atom is 0.244 e. The molecule has 2 aliphatic carbocycles. The van der Waals surface area contributed by atoms with Gasteiger partial charge in [0.2, 0.25) is 53.5 Å². The van der Waals surface area contributed by atoms with Gasteiger partial charge >= 0.3 is 0 Å². The highest BCUT2D eigenvalue weighted by Crippen LogP contribution is 2.43. The van der Waals surface area contributed by atoms with E-state index in [0.29, 0.717) is 154 Å². The molecule has 4 unspecified atom stereocenters. The average Bonchev–Trinajstić information content (AvgIpc) is 0.929. The van der Waals surface area contributed by atoms with Crippen LogP contribution in [0.1, 0.15) is 236 Å². The van der Waals surface area contributed by atoms with Crippen LogP contribution in [-0.2, 0) is 37.0 Å². The first-order chi connectivity index (χ1) is 60.1. The van der Waals surface area contributed by atoms with Crippen molar-refractivity contribution >= 4 is 76.8 Å². The summed E-state index contributed by atoms with van der Waals surface area (Å²) < 4.78 is 122. The van der Waals surface area contributed by atoms with Crippen molar-refractivity contribution in [3.05, 3.63) is 212 Å². The lowest BCUT2D eigenvalue weighted by molar-refractivity contribution is 0.0663. The van der Waals surface area contributed by atoms with Crippen LogP contribution in [0.4, 0.5) is 106 Å². The molecule has 0 spiro atoms. The minimum Gasteiger partial charge on any atom is -0.381 e. The zero-order chi connectivity index (χ0) is 88.7. The Balaban J connectivity index is 0.000000143. The van der Waals surface area contributed by atoms with E-state index in [4.69, 9.17) is 9.84 Å². The van der Waals surface area contributed by atoms with Gasteiger partial charge in [-0.1, -0.05) is 52.0 Å². The van der Waals surface area contributed by atoms with Crippen molar-refractivity contribution in [2.75, 3.05) is 75.9 Å². The monoisotopic (exact) mass is 1730 g/mol. The van der Waals surface area contributed by atoms with Crippen molar-refractivity contribution < 1.29 is 44.7 Å². The Morgan fingerprint density at radius 2 is 0.760 bits per heavy atom. The third-order valence-corrected chi connectivity index (χ3v) is 21.3. The van der Waals surface area contributed by atoms with Gasteiger partial charge in [0, 0.05) is 153 Å². The Hall–Kier alpha value is -12.8. The molecule has 4 fully saturated rings. The molecule has 2 aliphatic heterocycles. The lowest BCUT2D eigenvalue weighted by atomic mass is 10.1. The van der Waals surface area contributed by atoms with Crippen molar-refractivity contribution in [1.82, 2.24) is 104 Å². The van der Waals surface area contributed by atoms with Crippen LogP contribution in [-0.4, -0.2) is 143 Å². The number of nitrogens with one attached hydrogen (secondary N) is 8. The molecular weight excluding hydrogens is 1620 g/mol. The highest BCUT2D eigenvalue weighted by molar-refractivity contribution is 5.77. The Labute approximate surface area is 718 Å². The molecule has 2 saturated heterocycles. The van der Waals surface area contributed by atoms with Crippen LogP contribution in [0.25, 0.3) is 0 Å². The second kappa shape index (κ2) is 41.1. The minimum atomic E-state index is -0.648. The van der Waals surface area contributed by atoms with Gasteiger partial charge in [-0.2, -0.15) is 75.1 Å². The van der Waals surface area contributed by atoms with E-state index in [-0.39, 0.29) is 17.8 Å². The van der Waals surface area contributed by atoms with Gasteiger partial charge in [0.05, 0.1) is 41.9 Å². The number of piperidine rings is 1. The van der Waals surface area contributed by atoms with Crippen LogP contribution < -0.4 is 42.5 Å². The molecule has 16 rings (SSSR count). The molecule has 4 atom stereocenters. The average molecular weight is 1730 g/mol. The number of aryl methyl sites for hydroxylation is 6. The molecule has 4 aliphatic rings. The first-order valence-corrected chi connectivity index (χ1v) is 42.1. The van der Waals surface area contributed by atoms with E-state index in [9.17, 15) is 39.9 Å². The second-order valence-corrected chi connectivity index (χ2v) is 31.0. The van der Waals surface area contributed by atoms with E-state index in [1.807, 2.05) is 74.4 Å². The lowest BCUT2D eigenvalue weighted by Gasteiger charge is -2.29. The molecule has 660 valence electrons. The number of hydrogen-bond donors (Lipinski definition) is 8. The molecule has 8 aromatic heterocycles. The topological polar surface area (TPSA) is 352 Å². The Bertz CT molecular complexity index is 5690. The molecule has 0 amide bonds. The molecule has 0 bridgehead atoms. The van der Waals surface area contributed by atoms with Gasteiger partial charge in [-0.15, -0.1) is 5.10 Å². The van der Waals surface area contributed by atoms with Crippen molar-refractivity contribution in [2.24, 2.45) is 0 Å². The number of aromatic nitrogens is 20. The number of nitrogens with zero attached hydrogens (tertiary/aromatic N) is 21. The molecule has 0 radical (unpaired) electrons. The smallest absolute Gasteiger partial charge is 0.244 e. The number of benzene rings is 4. The first kappa shape index (κ1) is 89.9. The number of carbonyl (C=O) groups excluding carboxylic acids is 1. The van der Waals surface area contributed by atoms with Crippen LogP contribution in [0.5, 0.6) is 0 Å². The van der Waals surface area contributed by atoms with Crippen LogP contribution in [0, 0.1) is 53.5 Å². The summed E-state index contributed by atoms with van der Waals surface area (Å²) >= 11 is 0. The van der Waals surface area contributed by atoms with Crippen LogP contribution >= 0.6 is 0 Å². The van der Waals surface area contributed by atoms with Crippen molar-refractivity contribution in [1.29, 1.82) is 0 Å². The van der Waals surface area contributed by atoms with Crippen molar-refractivity contribution in [2.45, 2.75) is 208 Å². The number of halogens is 8. The predicted molar refractivity (Wildman–Crippen MR) is 458 cm³/mol. The standard InChI is InChI=1S/C23H30F2N8.C21H23F2N7O.C21H25F2N7O.C21H25F2N7/c1-5-20-27-22(26-15(3)18-7-6-16(24)13-19(18)25)30-23(28-20)29-21-12-14(2)33(31-21)17-8-10-32(4)11-9-17;1-4-18-25-20(24-11(2)15-8-7-14(22)9-16(15)23)28-21(26-18)27-19-10-17(13-5-6-13)30(29-19)12(3)31;1-3-18-25-20(24-13(2)16-5-4-14(22)12-17(16)23)28-21(26-18)27-19-6-9-30(29-19)15-7-10-31-11-8-15;1-4-18-25-20(24-12(3)15-9-8-14(22)10-16(15)23)28-21(26-18)27-19-11-17(13-6-7-13)30(5-2)29-19/h6-7,12-13,15,17H,5,8-11H2,1-4H3,(H2,26,27,28,29,30,31);7-11,13H,4-6H2,1-3H3,(H2,24,25,26,27,28,29);4-6,9,12-13,15H,3,7-8,10-11H2,1-2H3,(H2,24,25,26,27,28,29);8-13H,4-7H2,1-3H3,(H2,24,25,26,27,28,29). The van der Waals surface area contributed by atoms with Crippen molar-refractivity contribution in [3.63, 3.8) is 0 Å². The maximum absolute atomic E-state index is 14.2. The van der Waals surface area contributed by atoms with E-state index < -0.39 is 70.7 Å². The van der Waals surface area contributed by atoms with Gasteiger partial charge < -0.3 is 52.2 Å². The van der Waals surface area contributed by atoms with E-state index in [0.717, 1.165) is 107 Å². The van der Waals surface area contributed by atoms with Gasteiger partial charge in [-0.25, -0.2) is 39.8 Å². The van der Waals surface area contributed by atoms with E-state index in [2.05, 4.69) is 141 Å². The fraction of sp³-hybridized carbons (Fsp3) is 0.430. The fourth-order valence-corrected chi connectivity index (χ4v) is 14.3. The molecule has 2 saturated carbocycles. The number of hydrogen-bond acceptors (Lipinski definition) is 27. The van der Waals surface area contributed by atoms with Crippen LogP contribution in [0.15, 0.2) is 103 Å². The van der Waals surface area contributed by atoms with E-state index >= 15 is 0 Å². The van der Waals surface area contributed by atoms with Gasteiger partial charge in [-0.3, -0.25) is 18.8 Å². The Morgan fingerprint density at radius 1 is 0.408 bits per heavy atom. The molecule has 31 nitrogen and oxygen atoms in total. The molecule has 12 aromatic rings. The maximum atomic E-state index is 14.2. The van der Waals surface area contributed by atoms with Gasteiger partial charge in [-0.05, 0) is 137 Å². The SMILES string of the molecule is CCc1nc(Nc2cc(C)n(C3CCN(C)CC3)n2)nc(NC(C)c2ccc(F)cc2F)n1.CCc1nc(Nc2cc(C3CC3)n(C(C)=O)n2)nc(NC(C)c2ccc(F)cc2F)n1.CCc1nc(Nc2cc(C3CC3)n(CC)n2)nc(NC(C)c2ccc(F)cc2F)n1.CCc1nc(Nc2ccn(C3CCOCC3)n2)nc(NC(C)c2ccc(F)cc2F)n1. The zero-order valence-electron chi connectivity index (χ0n) is 71.7. The predicted octanol–water partition coefficient (Wildman–Crippen LogP) is 17.7.